The Morgan fingerprint density at radius 2 is 2.05 bits per heavy atom. The van der Waals surface area contributed by atoms with Gasteiger partial charge in [-0.1, -0.05) is 33.6 Å². The average molecular weight is 305 g/mol. The summed E-state index contributed by atoms with van der Waals surface area (Å²) in [5.41, 5.74) is 1.52. The molecule has 0 saturated heterocycles. The molecule has 1 heterocycles. The molecule has 3 unspecified atom stereocenters. The van der Waals surface area contributed by atoms with Gasteiger partial charge in [-0.25, -0.2) is 0 Å². The van der Waals surface area contributed by atoms with Crippen LogP contribution in [0.15, 0.2) is 6.20 Å². The van der Waals surface area contributed by atoms with E-state index in [-0.39, 0.29) is 5.91 Å². The molecule has 1 aromatic heterocycles. The minimum Gasteiger partial charge on any atom is -0.349 e. The Balaban J connectivity index is 2.05. The fraction of sp³-hybridized carbons (Fsp3) is 0.778. The zero-order valence-electron chi connectivity index (χ0n) is 14.7. The highest BCUT2D eigenvalue weighted by molar-refractivity contribution is 5.95. The summed E-state index contributed by atoms with van der Waals surface area (Å²) >= 11 is 0. The van der Waals surface area contributed by atoms with Crippen molar-refractivity contribution in [3.8, 4) is 0 Å². The van der Waals surface area contributed by atoms with Gasteiger partial charge in [-0.2, -0.15) is 5.10 Å². The Morgan fingerprint density at radius 1 is 1.36 bits per heavy atom. The zero-order chi connectivity index (χ0) is 16.3. The summed E-state index contributed by atoms with van der Waals surface area (Å²) < 4.78 is 1.71. The van der Waals surface area contributed by atoms with Crippen LogP contribution in [-0.2, 0) is 7.05 Å². The summed E-state index contributed by atoms with van der Waals surface area (Å²) in [5, 5.41) is 7.58. The molecule has 1 N–H and O–H groups in total. The largest absolute Gasteiger partial charge is 0.349 e. The minimum atomic E-state index is 0.0410. The predicted molar refractivity (Wildman–Crippen MR) is 89.8 cm³/mol. The molecule has 124 valence electrons. The maximum Gasteiger partial charge on any atom is 0.254 e. The van der Waals surface area contributed by atoms with Gasteiger partial charge >= 0.3 is 0 Å². The number of hydrogen-bond donors (Lipinski definition) is 1. The minimum absolute atomic E-state index is 0.0410. The van der Waals surface area contributed by atoms with Gasteiger partial charge in [-0.15, -0.1) is 0 Å². The van der Waals surface area contributed by atoms with Crippen LogP contribution in [0.3, 0.4) is 0 Å². The van der Waals surface area contributed by atoms with Crippen molar-refractivity contribution < 1.29 is 4.79 Å². The molecule has 4 heteroatoms. The third kappa shape index (κ3) is 4.11. The van der Waals surface area contributed by atoms with Crippen LogP contribution in [0, 0.1) is 24.7 Å². The first-order chi connectivity index (χ1) is 10.4. The molecule has 3 atom stereocenters. The van der Waals surface area contributed by atoms with E-state index < -0.39 is 0 Å². The molecule has 1 amide bonds. The summed E-state index contributed by atoms with van der Waals surface area (Å²) in [7, 11) is 1.86. The monoisotopic (exact) mass is 305 g/mol. The van der Waals surface area contributed by atoms with Gasteiger partial charge in [-0.05, 0) is 43.9 Å². The standard InChI is InChI=1S/C18H31N3O/c1-12(2)10-13(3)15-8-6-7-9-17(15)19-18(22)16-11-21(5)20-14(16)4/h11-13,15,17H,6-10H2,1-5H3,(H,19,22). The summed E-state index contributed by atoms with van der Waals surface area (Å²) in [5.74, 6) is 2.03. The Labute approximate surface area is 134 Å². The molecule has 1 aromatic rings. The number of hydrogen-bond acceptors (Lipinski definition) is 2. The van der Waals surface area contributed by atoms with Crippen molar-refractivity contribution in [1.82, 2.24) is 15.1 Å². The van der Waals surface area contributed by atoms with Gasteiger partial charge in [0.15, 0.2) is 0 Å². The van der Waals surface area contributed by atoms with Crippen molar-refractivity contribution in [2.45, 2.75) is 65.8 Å². The van der Waals surface area contributed by atoms with E-state index >= 15 is 0 Å². The molecule has 1 aliphatic carbocycles. The van der Waals surface area contributed by atoms with Gasteiger partial charge in [0.25, 0.3) is 5.91 Å². The molecule has 22 heavy (non-hydrogen) atoms. The lowest BCUT2D eigenvalue weighted by atomic mass is 9.74. The third-order valence-corrected chi connectivity index (χ3v) is 4.97. The van der Waals surface area contributed by atoms with Crippen LogP contribution in [0.4, 0.5) is 0 Å². The van der Waals surface area contributed by atoms with E-state index in [2.05, 4.69) is 31.2 Å². The van der Waals surface area contributed by atoms with Crippen molar-refractivity contribution >= 4 is 5.91 Å². The second-order valence-electron chi connectivity index (χ2n) is 7.44. The lowest BCUT2D eigenvalue weighted by Gasteiger charge is -2.37. The number of nitrogens with one attached hydrogen (secondary N) is 1. The van der Waals surface area contributed by atoms with Crippen LogP contribution >= 0.6 is 0 Å². The Bertz CT molecular complexity index is 506. The molecule has 4 nitrogen and oxygen atoms in total. The van der Waals surface area contributed by atoms with Crippen molar-refractivity contribution in [1.29, 1.82) is 0 Å². The second-order valence-corrected chi connectivity index (χ2v) is 7.44. The van der Waals surface area contributed by atoms with Gasteiger partial charge in [0.1, 0.15) is 0 Å². The maximum absolute atomic E-state index is 12.6. The first kappa shape index (κ1) is 17.0. The number of carbonyl (C=O) groups excluding carboxylic acids is 1. The predicted octanol–water partition coefficient (Wildman–Crippen LogP) is 3.70. The van der Waals surface area contributed by atoms with Crippen molar-refractivity contribution in [2.75, 3.05) is 0 Å². The molecule has 0 spiro atoms. The number of nitrogens with zero attached hydrogens (tertiary/aromatic N) is 2. The molecule has 0 bridgehead atoms. The molecule has 1 aliphatic rings. The SMILES string of the molecule is Cc1nn(C)cc1C(=O)NC1CCCCC1C(C)CC(C)C. The van der Waals surface area contributed by atoms with E-state index in [0.717, 1.165) is 12.1 Å². The van der Waals surface area contributed by atoms with Gasteiger partial charge in [0.2, 0.25) is 0 Å². The quantitative estimate of drug-likeness (QED) is 0.901. The van der Waals surface area contributed by atoms with Crippen LogP contribution in [0.1, 0.15) is 68.9 Å². The van der Waals surface area contributed by atoms with E-state index in [4.69, 9.17) is 0 Å². The normalized spacial score (nSPS) is 23.5. The second kappa shape index (κ2) is 7.30. The molecule has 0 radical (unpaired) electrons. The fourth-order valence-corrected chi connectivity index (χ4v) is 4.01. The third-order valence-electron chi connectivity index (χ3n) is 4.97. The summed E-state index contributed by atoms with van der Waals surface area (Å²) in [6, 6.07) is 0.314. The number of aryl methyl sites for hydroxylation is 2. The highest BCUT2D eigenvalue weighted by Crippen LogP contribution is 2.33. The Morgan fingerprint density at radius 3 is 2.64 bits per heavy atom. The van der Waals surface area contributed by atoms with Gasteiger partial charge < -0.3 is 5.32 Å². The number of amides is 1. The van der Waals surface area contributed by atoms with Crippen molar-refractivity contribution in [3.05, 3.63) is 17.5 Å². The van der Waals surface area contributed by atoms with Crippen LogP contribution < -0.4 is 5.32 Å². The van der Waals surface area contributed by atoms with Crippen LogP contribution in [0.25, 0.3) is 0 Å². The van der Waals surface area contributed by atoms with Crippen LogP contribution in [-0.4, -0.2) is 21.7 Å². The van der Waals surface area contributed by atoms with Crippen molar-refractivity contribution in [3.63, 3.8) is 0 Å². The summed E-state index contributed by atoms with van der Waals surface area (Å²) in [6.07, 6.45) is 7.93. The lowest BCUT2D eigenvalue weighted by molar-refractivity contribution is 0.0877. The molecule has 0 aliphatic heterocycles. The molecular weight excluding hydrogens is 274 g/mol. The Hall–Kier alpha value is -1.32. The van der Waals surface area contributed by atoms with Gasteiger partial charge in [-0.3, -0.25) is 9.48 Å². The molecular formula is C18H31N3O. The highest BCUT2D eigenvalue weighted by Gasteiger charge is 2.31. The maximum atomic E-state index is 12.6. The van der Waals surface area contributed by atoms with E-state index in [1.54, 1.807) is 4.68 Å². The molecule has 2 rings (SSSR count). The fourth-order valence-electron chi connectivity index (χ4n) is 4.01. The Kier molecular flexibility index (Phi) is 5.65. The number of rotatable bonds is 5. The van der Waals surface area contributed by atoms with Gasteiger partial charge in [0, 0.05) is 19.3 Å². The summed E-state index contributed by atoms with van der Waals surface area (Å²) in [4.78, 5) is 12.6. The first-order valence-corrected chi connectivity index (χ1v) is 8.69. The molecule has 1 saturated carbocycles. The summed E-state index contributed by atoms with van der Waals surface area (Å²) in [6.45, 7) is 8.82. The average Bonchev–Trinajstić information content (AvgIpc) is 2.77. The lowest BCUT2D eigenvalue weighted by Crippen LogP contribution is -2.44. The van der Waals surface area contributed by atoms with Crippen molar-refractivity contribution in [2.24, 2.45) is 24.8 Å². The topological polar surface area (TPSA) is 46.9 Å². The molecule has 0 aromatic carbocycles. The van der Waals surface area contributed by atoms with Crippen LogP contribution in [0.2, 0.25) is 0 Å². The van der Waals surface area contributed by atoms with E-state index in [0.29, 0.717) is 29.4 Å². The smallest absolute Gasteiger partial charge is 0.254 e. The zero-order valence-corrected chi connectivity index (χ0v) is 14.7. The van der Waals surface area contributed by atoms with E-state index in [1.165, 1.54) is 25.7 Å². The highest BCUT2D eigenvalue weighted by atomic mass is 16.1. The van der Waals surface area contributed by atoms with E-state index in [9.17, 15) is 4.79 Å². The number of carbonyl (C=O) groups is 1. The number of aromatic nitrogens is 2. The first-order valence-electron chi connectivity index (χ1n) is 8.69. The van der Waals surface area contributed by atoms with Gasteiger partial charge in [0.05, 0.1) is 11.3 Å². The molecule has 1 fully saturated rings. The van der Waals surface area contributed by atoms with E-state index in [1.807, 2.05) is 20.2 Å². The van der Waals surface area contributed by atoms with Crippen LogP contribution in [0.5, 0.6) is 0 Å².